The van der Waals surface area contributed by atoms with Crippen molar-refractivity contribution in [3.8, 4) is 10.6 Å². The summed E-state index contributed by atoms with van der Waals surface area (Å²) in [5.74, 6) is -0.297. The summed E-state index contributed by atoms with van der Waals surface area (Å²) in [6.45, 7) is 0. The third-order valence-corrected chi connectivity index (χ3v) is 5.78. The molecule has 0 atom stereocenters. The number of nitrogens with one attached hydrogen (secondary N) is 1. The smallest absolute Gasteiger partial charge is 0.269 e. The molecular formula is C18H10ClN5O3S2. The van der Waals surface area contributed by atoms with Gasteiger partial charge in [0.15, 0.2) is 5.17 Å². The fourth-order valence-corrected chi connectivity index (χ4v) is 4.11. The highest BCUT2D eigenvalue weighted by Crippen LogP contribution is 2.32. The average Bonchev–Trinajstić information content (AvgIpc) is 3.30. The molecule has 0 aliphatic carbocycles. The molecule has 0 unspecified atom stereocenters. The van der Waals surface area contributed by atoms with Gasteiger partial charge < -0.3 is 5.32 Å². The minimum Gasteiger partial charge on any atom is -0.300 e. The van der Waals surface area contributed by atoms with E-state index in [0.29, 0.717) is 30.8 Å². The highest BCUT2D eigenvalue weighted by molar-refractivity contribution is 8.18. The average molecular weight is 444 g/mol. The van der Waals surface area contributed by atoms with Crippen molar-refractivity contribution in [2.24, 2.45) is 4.99 Å². The maximum atomic E-state index is 12.2. The Labute approximate surface area is 177 Å². The Bertz CT molecular complexity index is 1160. The number of hydrogen-bond acceptors (Lipinski definition) is 8. The molecule has 29 heavy (non-hydrogen) atoms. The van der Waals surface area contributed by atoms with Gasteiger partial charge in [0, 0.05) is 22.7 Å². The SMILES string of the molecule is O=C1NC(=Nc2nnc(-c3ccc(Cl)cc3)s2)S/C1=C\c1ccc([N+](=O)[O-])cc1. The van der Waals surface area contributed by atoms with Gasteiger partial charge in [-0.2, -0.15) is 4.99 Å². The van der Waals surface area contributed by atoms with E-state index in [2.05, 4.69) is 20.5 Å². The zero-order chi connectivity index (χ0) is 20.4. The van der Waals surface area contributed by atoms with Gasteiger partial charge in [-0.15, -0.1) is 10.2 Å². The van der Waals surface area contributed by atoms with E-state index in [-0.39, 0.29) is 11.6 Å². The number of amides is 1. The van der Waals surface area contributed by atoms with E-state index in [9.17, 15) is 14.9 Å². The quantitative estimate of drug-likeness (QED) is 0.356. The van der Waals surface area contributed by atoms with Crippen LogP contribution in [0.15, 0.2) is 58.4 Å². The normalized spacial score (nSPS) is 16.4. The summed E-state index contributed by atoms with van der Waals surface area (Å²) in [4.78, 5) is 27.2. The number of amidine groups is 1. The maximum Gasteiger partial charge on any atom is 0.269 e. The number of nitrogens with zero attached hydrogens (tertiary/aromatic N) is 4. The Morgan fingerprint density at radius 1 is 1.10 bits per heavy atom. The van der Waals surface area contributed by atoms with Gasteiger partial charge in [0.2, 0.25) is 5.13 Å². The number of hydrogen-bond donors (Lipinski definition) is 1. The highest BCUT2D eigenvalue weighted by atomic mass is 35.5. The molecule has 2 heterocycles. The summed E-state index contributed by atoms with van der Waals surface area (Å²) in [7, 11) is 0. The van der Waals surface area contributed by atoms with E-state index >= 15 is 0 Å². The van der Waals surface area contributed by atoms with Crippen LogP contribution >= 0.6 is 34.7 Å². The first-order valence-corrected chi connectivity index (χ1v) is 10.1. The summed E-state index contributed by atoms with van der Waals surface area (Å²) >= 11 is 8.34. The molecule has 1 aliphatic heterocycles. The molecule has 2 aromatic carbocycles. The monoisotopic (exact) mass is 443 g/mol. The molecule has 0 saturated carbocycles. The fraction of sp³-hybridized carbons (Fsp3) is 0. The number of halogens is 1. The maximum absolute atomic E-state index is 12.2. The molecule has 1 aromatic heterocycles. The first-order valence-electron chi connectivity index (χ1n) is 8.11. The molecular weight excluding hydrogens is 434 g/mol. The predicted molar refractivity (Wildman–Crippen MR) is 114 cm³/mol. The first kappa shape index (κ1) is 19.2. The minimum atomic E-state index is -0.473. The van der Waals surface area contributed by atoms with Crippen LogP contribution in [-0.4, -0.2) is 26.2 Å². The molecule has 1 amide bonds. The molecule has 1 N–H and O–H groups in total. The van der Waals surface area contributed by atoms with Crippen LogP contribution in [0.5, 0.6) is 0 Å². The van der Waals surface area contributed by atoms with E-state index in [1.165, 1.54) is 23.5 Å². The zero-order valence-corrected chi connectivity index (χ0v) is 16.8. The number of aromatic nitrogens is 2. The third kappa shape index (κ3) is 4.50. The van der Waals surface area contributed by atoms with Gasteiger partial charge in [-0.3, -0.25) is 14.9 Å². The summed E-state index contributed by atoms with van der Waals surface area (Å²) in [6, 6.07) is 13.2. The summed E-state index contributed by atoms with van der Waals surface area (Å²) in [5, 5.41) is 23.7. The fourth-order valence-electron chi connectivity index (χ4n) is 2.38. The molecule has 11 heteroatoms. The lowest BCUT2D eigenvalue weighted by Gasteiger charge is -1.95. The van der Waals surface area contributed by atoms with Crippen molar-refractivity contribution < 1.29 is 9.72 Å². The lowest BCUT2D eigenvalue weighted by molar-refractivity contribution is -0.384. The van der Waals surface area contributed by atoms with Crippen LogP contribution in [0.3, 0.4) is 0 Å². The van der Waals surface area contributed by atoms with E-state index < -0.39 is 4.92 Å². The topological polar surface area (TPSA) is 110 Å². The Kier molecular flexibility index (Phi) is 5.38. The molecule has 0 radical (unpaired) electrons. The molecule has 1 aliphatic rings. The second-order valence-electron chi connectivity index (χ2n) is 5.73. The van der Waals surface area contributed by atoms with E-state index in [4.69, 9.17) is 11.6 Å². The van der Waals surface area contributed by atoms with Crippen LogP contribution in [0.25, 0.3) is 16.6 Å². The summed E-state index contributed by atoms with van der Waals surface area (Å²) in [5.41, 5.74) is 1.54. The van der Waals surface area contributed by atoms with Gasteiger partial charge >= 0.3 is 0 Å². The number of aliphatic imine (C=N–C) groups is 1. The number of carbonyl (C=O) groups excluding carboxylic acids is 1. The van der Waals surface area contributed by atoms with Crippen LogP contribution < -0.4 is 5.32 Å². The van der Waals surface area contributed by atoms with Gasteiger partial charge in [-0.25, -0.2) is 0 Å². The van der Waals surface area contributed by atoms with Crippen molar-refractivity contribution in [2.75, 3.05) is 0 Å². The third-order valence-electron chi connectivity index (χ3n) is 3.76. The molecule has 144 valence electrons. The Morgan fingerprint density at radius 3 is 2.52 bits per heavy atom. The van der Waals surface area contributed by atoms with Crippen LogP contribution in [0.4, 0.5) is 10.8 Å². The molecule has 8 nitrogen and oxygen atoms in total. The second-order valence-corrected chi connectivity index (χ2v) is 8.15. The van der Waals surface area contributed by atoms with Crippen molar-refractivity contribution >= 4 is 62.7 Å². The van der Waals surface area contributed by atoms with Crippen molar-refractivity contribution in [3.05, 3.63) is 74.1 Å². The molecule has 0 bridgehead atoms. The number of benzene rings is 2. The van der Waals surface area contributed by atoms with E-state index in [0.717, 1.165) is 17.3 Å². The summed E-state index contributed by atoms with van der Waals surface area (Å²) < 4.78 is 0. The first-order chi connectivity index (χ1) is 14.0. The van der Waals surface area contributed by atoms with Crippen LogP contribution in [0.2, 0.25) is 5.02 Å². The number of thioether (sulfide) groups is 1. The van der Waals surface area contributed by atoms with E-state index in [1.54, 1.807) is 30.3 Å². The van der Waals surface area contributed by atoms with Crippen LogP contribution in [0, 0.1) is 10.1 Å². The van der Waals surface area contributed by atoms with Gasteiger partial charge in [-0.1, -0.05) is 35.1 Å². The number of carbonyl (C=O) groups is 1. The van der Waals surface area contributed by atoms with Gasteiger partial charge in [0.1, 0.15) is 5.01 Å². The summed E-state index contributed by atoms with van der Waals surface area (Å²) in [6.07, 6.45) is 1.64. The predicted octanol–water partition coefficient (Wildman–Crippen LogP) is 4.66. The lowest BCUT2D eigenvalue weighted by Crippen LogP contribution is -2.19. The van der Waals surface area contributed by atoms with Gasteiger partial charge in [0.05, 0.1) is 9.83 Å². The van der Waals surface area contributed by atoms with Crippen molar-refractivity contribution in [1.82, 2.24) is 15.5 Å². The standard InChI is InChI=1S/C18H10ClN5O3S2/c19-12-5-3-11(4-6-12)16-22-23-18(29-16)21-17-20-15(25)14(28-17)9-10-1-7-13(8-2-10)24(26)27/h1-9H,(H,20,21,23,25)/b14-9-. The Hall–Kier alpha value is -3.08. The van der Waals surface area contributed by atoms with Crippen LogP contribution in [-0.2, 0) is 4.79 Å². The number of non-ortho nitro benzene ring substituents is 1. The van der Waals surface area contributed by atoms with E-state index in [1.807, 2.05) is 12.1 Å². The number of nitro benzene ring substituents is 1. The van der Waals surface area contributed by atoms with Crippen molar-refractivity contribution in [1.29, 1.82) is 0 Å². The number of nitro groups is 1. The van der Waals surface area contributed by atoms with Crippen molar-refractivity contribution in [2.45, 2.75) is 0 Å². The Balaban J connectivity index is 1.51. The highest BCUT2D eigenvalue weighted by Gasteiger charge is 2.24. The molecule has 0 spiro atoms. The van der Waals surface area contributed by atoms with Crippen molar-refractivity contribution in [3.63, 3.8) is 0 Å². The molecule has 1 fully saturated rings. The van der Waals surface area contributed by atoms with Gasteiger partial charge in [0.25, 0.3) is 11.6 Å². The second kappa shape index (κ2) is 8.11. The minimum absolute atomic E-state index is 0.00862. The molecule has 1 saturated heterocycles. The number of rotatable bonds is 4. The molecule has 3 aromatic rings. The van der Waals surface area contributed by atoms with Crippen LogP contribution in [0.1, 0.15) is 5.56 Å². The zero-order valence-electron chi connectivity index (χ0n) is 14.4. The largest absolute Gasteiger partial charge is 0.300 e. The van der Waals surface area contributed by atoms with Gasteiger partial charge in [-0.05, 0) is 47.7 Å². The molecule has 4 rings (SSSR count). The Morgan fingerprint density at radius 2 is 1.83 bits per heavy atom. The lowest BCUT2D eigenvalue weighted by atomic mass is 10.2.